The zero-order valence-corrected chi connectivity index (χ0v) is 22.2. The van der Waals surface area contributed by atoms with Gasteiger partial charge in [0, 0.05) is 30.6 Å². The molecule has 0 aliphatic heterocycles. The van der Waals surface area contributed by atoms with E-state index in [0.29, 0.717) is 10.7 Å². The summed E-state index contributed by atoms with van der Waals surface area (Å²) < 4.78 is 39.1. The minimum absolute atomic E-state index is 0.0435. The van der Waals surface area contributed by atoms with Crippen molar-refractivity contribution in [2.45, 2.75) is 64.1 Å². The summed E-state index contributed by atoms with van der Waals surface area (Å²) in [5.41, 5.74) is 1.16. The Balaban J connectivity index is 1.70. The van der Waals surface area contributed by atoms with Crippen LogP contribution in [0.2, 0.25) is 5.02 Å². The summed E-state index contributed by atoms with van der Waals surface area (Å²) in [6.45, 7) is 1.98. The summed E-state index contributed by atoms with van der Waals surface area (Å²) in [5.74, 6) is -0.926. The molecule has 1 aliphatic rings. The topological polar surface area (TPSA) is 86.8 Å². The van der Waals surface area contributed by atoms with E-state index >= 15 is 0 Å². The Morgan fingerprint density at radius 3 is 2.28 bits per heavy atom. The van der Waals surface area contributed by atoms with Gasteiger partial charge in [0.15, 0.2) is 0 Å². The molecule has 1 unspecified atom stereocenters. The maximum atomic E-state index is 13.3. The van der Waals surface area contributed by atoms with Crippen molar-refractivity contribution in [2.24, 2.45) is 0 Å². The van der Waals surface area contributed by atoms with Gasteiger partial charge in [0.1, 0.15) is 11.9 Å². The van der Waals surface area contributed by atoms with Crippen LogP contribution in [-0.2, 0) is 26.2 Å². The van der Waals surface area contributed by atoms with Crippen LogP contribution in [0.15, 0.2) is 48.5 Å². The normalized spacial score (nSPS) is 14.9. The molecule has 2 aromatic carbocycles. The van der Waals surface area contributed by atoms with Gasteiger partial charge < -0.3 is 10.2 Å². The highest BCUT2D eigenvalue weighted by Crippen LogP contribution is 2.21. The standard InChI is InChI=1S/C26H33ClFN3O4S/c1-19(26(33)29-23-6-3-4-7-23)30(18-20-9-11-21(27)12-10-20)25(32)8-5-17-31(36(2,34)35)24-15-13-22(28)14-16-24/h9-16,19,23H,3-8,17-18H2,1-2H3,(H,29,33). The van der Waals surface area contributed by atoms with Crippen molar-refractivity contribution >= 4 is 39.1 Å². The Labute approximate surface area is 217 Å². The number of hydrogen-bond donors (Lipinski definition) is 1. The molecule has 1 atom stereocenters. The molecule has 0 bridgehead atoms. The Kier molecular flexibility index (Phi) is 9.73. The van der Waals surface area contributed by atoms with Gasteiger partial charge in [0.05, 0.1) is 11.9 Å². The lowest BCUT2D eigenvalue weighted by Gasteiger charge is -2.30. The number of carbonyl (C=O) groups excluding carboxylic acids is 2. The third-order valence-corrected chi connectivity index (χ3v) is 7.85. The molecule has 10 heteroatoms. The molecule has 3 rings (SSSR count). The number of sulfonamides is 1. The number of halogens is 2. The molecular weight excluding hydrogens is 505 g/mol. The minimum Gasteiger partial charge on any atom is -0.352 e. The van der Waals surface area contributed by atoms with E-state index in [4.69, 9.17) is 11.6 Å². The fourth-order valence-corrected chi connectivity index (χ4v) is 5.46. The van der Waals surface area contributed by atoms with Crippen LogP contribution >= 0.6 is 11.6 Å². The van der Waals surface area contributed by atoms with E-state index in [9.17, 15) is 22.4 Å². The summed E-state index contributed by atoms with van der Waals surface area (Å²) >= 11 is 5.99. The number of anilines is 1. The third-order valence-electron chi connectivity index (χ3n) is 6.40. The van der Waals surface area contributed by atoms with Crippen LogP contribution in [-0.4, -0.2) is 50.0 Å². The second kappa shape index (κ2) is 12.5. The van der Waals surface area contributed by atoms with E-state index in [2.05, 4.69) is 5.32 Å². The minimum atomic E-state index is -3.64. The predicted molar refractivity (Wildman–Crippen MR) is 140 cm³/mol. The van der Waals surface area contributed by atoms with Crippen molar-refractivity contribution in [2.75, 3.05) is 17.1 Å². The first-order chi connectivity index (χ1) is 17.0. The van der Waals surface area contributed by atoms with Crippen LogP contribution in [0.5, 0.6) is 0 Å². The predicted octanol–water partition coefficient (Wildman–Crippen LogP) is 4.50. The summed E-state index contributed by atoms with van der Waals surface area (Å²) in [7, 11) is -3.64. The lowest BCUT2D eigenvalue weighted by molar-refractivity contribution is -0.141. The van der Waals surface area contributed by atoms with Crippen molar-refractivity contribution in [3.8, 4) is 0 Å². The number of hydrogen-bond acceptors (Lipinski definition) is 4. The highest BCUT2D eigenvalue weighted by molar-refractivity contribution is 7.92. The Morgan fingerprint density at radius 2 is 1.69 bits per heavy atom. The quantitative estimate of drug-likeness (QED) is 0.457. The van der Waals surface area contributed by atoms with Gasteiger partial charge in [-0.15, -0.1) is 0 Å². The Bertz CT molecular complexity index is 1140. The molecule has 0 spiro atoms. The van der Waals surface area contributed by atoms with Crippen LogP contribution in [0.25, 0.3) is 0 Å². The third kappa shape index (κ3) is 7.93. The van der Waals surface area contributed by atoms with Crippen molar-refractivity contribution in [3.63, 3.8) is 0 Å². The smallest absolute Gasteiger partial charge is 0.242 e. The van der Waals surface area contributed by atoms with Gasteiger partial charge in [0.25, 0.3) is 0 Å². The zero-order chi connectivity index (χ0) is 26.3. The average Bonchev–Trinajstić information content (AvgIpc) is 3.34. The van der Waals surface area contributed by atoms with E-state index < -0.39 is 21.9 Å². The maximum absolute atomic E-state index is 13.3. The molecular formula is C26H33ClFN3O4S. The Morgan fingerprint density at radius 1 is 1.08 bits per heavy atom. The highest BCUT2D eigenvalue weighted by Gasteiger charge is 2.28. The molecule has 1 aliphatic carbocycles. The first-order valence-electron chi connectivity index (χ1n) is 12.1. The van der Waals surface area contributed by atoms with Crippen LogP contribution in [0.4, 0.5) is 10.1 Å². The average molecular weight is 538 g/mol. The van der Waals surface area contributed by atoms with Crippen LogP contribution in [0, 0.1) is 5.82 Å². The van der Waals surface area contributed by atoms with Crippen LogP contribution < -0.4 is 9.62 Å². The SMILES string of the molecule is CC(C(=O)NC1CCCC1)N(Cc1ccc(Cl)cc1)C(=O)CCCN(c1ccc(F)cc1)S(C)(=O)=O. The van der Waals surface area contributed by atoms with Gasteiger partial charge in [-0.3, -0.25) is 13.9 Å². The fraction of sp³-hybridized carbons (Fsp3) is 0.462. The number of carbonyl (C=O) groups is 2. The van der Waals surface area contributed by atoms with Gasteiger partial charge in [-0.1, -0.05) is 36.6 Å². The van der Waals surface area contributed by atoms with Crippen molar-refractivity contribution < 1.29 is 22.4 Å². The molecule has 0 saturated heterocycles. The van der Waals surface area contributed by atoms with Crippen LogP contribution in [0.3, 0.4) is 0 Å². The number of amides is 2. The molecule has 0 radical (unpaired) electrons. The molecule has 196 valence electrons. The van der Waals surface area contributed by atoms with E-state index in [1.54, 1.807) is 19.1 Å². The van der Waals surface area contributed by atoms with Crippen molar-refractivity contribution in [3.05, 3.63) is 64.9 Å². The van der Waals surface area contributed by atoms with E-state index in [1.807, 2.05) is 12.1 Å². The molecule has 1 N–H and O–H groups in total. The monoisotopic (exact) mass is 537 g/mol. The Hall–Kier alpha value is -2.65. The van der Waals surface area contributed by atoms with Gasteiger partial charge in [-0.05, 0) is 68.1 Å². The summed E-state index contributed by atoms with van der Waals surface area (Å²) in [6.07, 6.45) is 5.39. The lowest BCUT2D eigenvalue weighted by atomic mass is 10.1. The summed E-state index contributed by atoms with van der Waals surface area (Å²) in [5, 5.41) is 3.63. The van der Waals surface area contributed by atoms with Gasteiger partial charge >= 0.3 is 0 Å². The van der Waals surface area contributed by atoms with Gasteiger partial charge in [-0.2, -0.15) is 0 Å². The molecule has 1 fully saturated rings. The van der Waals surface area contributed by atoms with Gasteiger partial charge in [0.2, 0.25) is 21.8 Å². The first kappa shape index (κ1) is 27.9. The van der Waals surface area contributed by atoms with Gasteiger partial charge in [-0.25, -0.2) is 12.8 Å². The molecule has 36 heavy (non-hydrogen) atoms. The summed E-state index contributed by atoms with van der Waals surface area (Å²) in [6, 6.07) is 11.7. The second-order valence-corrected chi connectivity index (χ2v) is 11.6. The second-order valence-electron chi connectivity index (χ2n) is 9.23. The number of benzene rings is 2. The van der Waals surface area contributed by atoms with E-state index in [0.717, 1.165) is 41.8 Å². The molecule has 2 amide bonds. The van der Waals surface area contributed by atoms with Crippen LogP contribution in [0.1, 0.15) is 51.0 Å². The number of nitrogens with zero attached hydrogens (tertiary/aromatic N) is 2. The van der Waals surface area contributed by atoms with Crippen molar-refractivity contribution in [1.29, 1.82) is 0 Å². The number of rotatable bonds is 11. The first-order valence-corrected chi connectivity index (χ1v) is 14.3. The highest BCUT2D eigenvalue weighted by atomic mass is 35.5. The molecule has 0 heterocycles. The van der Waals surface area contributed by atoms with Crippen molar-refractivity contribution in [1.82, 2.24) is 10.2 Å². The summed E-state index contributed by atoms with van der Waals surface area (Å²) in [4.78, 5) is 27.8. The van der Waals surface area contributed by atoms with E-state index in [-0.39, 0.29) is 43.8 Å². The lowest BCUT2D eigenvalue weighted by Crippen LogP contribution is -2.49. The fourth-order valence-electron chi connectivity index (χ4n) is 4.37. The molecule has 2 aromatic rings. The largest absolute Gasteiger partial charge is 0.352 e. The maximum Gasteiger partial charge on any atom is 0.242 e. The molecule has 7 nitrogen and oxygen atoms in total. The zero-order valence-electron chi connectivity index (χ0n) is 20.6. The molecule has 1 saturated carbocycles. The molecule has 0 aromatic heterocycles. The number of nitrogens with one attached hydrogen (secondary N) is 1. The van der Waals surface area contributed by atoms with E-state index in [1.165, 1.54) is 29.2 Å².